The van der Waals surface area contributed by atoms with Gasteiger partial charge in [-0.3, -0.25) is 9.98 Å². The van der Waals surface area contributed by atoms with Gasteiger partial charge in [-0.15, -0.1) is 0 Å². The Hall–Kier alpha value is -2.63. The summed E-state index contributed by atoms with van der Waals surface area (Å²) in [5, 5.41) is 6.38. The summed E-state index contributed by atoms with van der Waals surface area (Å²) in [5.41, 5.74) is 0.939. The van der Waals surface area contributed by atoms with Crippen LogP contribution in [0, 0.1) is 5.82 Å². The number of benzene rings is 1. The van der Waals surface area contributed by atoms with Crippen LogP contribution in [-0.2, 0) is 6.42 Å². The number of halogens is 1. The molecule has 0 unspecified atom stereocenters. The summed E-state index contributed by atoms with van der Waals surface area (Å²) in [7, 11) is 0. The Balaban J connectivity index is 1.73. The molecule has 0 aliphatic rings. The molecule has 0 spiro atoms. The summed E-state index contributed by atoms with van der Waals surface area (Å²) in [6.45, 7) is 4.51. The Morgan fingerprint density at radius 2 is 2.17 bits per heavy atom. The molecule has 0 bridgehead atoms. The second-order valence-electron chi connectivity index (χ2n) is 5.10. The van der Waals surface area contributed by atoms with Crippen molar-refractivity contribution in [2.45, 2.75) is 13.3 Å². The number of hydrogen-bond acceptors (Lipinski definition) is 3. The first kappa shape index (κ1) is 17.7. The van der Waals surface area contributed by atoms with Crippen molar-refractivity contribution in [3.63, 3.8) is 0 Å². The highest BCUT2D eigenvalue weighted by Crippen LogP contribution is 2.05. The van der Waals surface area contributed by atoms with Crippen molar-refractivity contribution in [1.29, 1.82) is 0 Å². The van der Waals surface area contributed by atoms with Crippen LogP contribution in [0.5, 0.6) is 5.75 Å². The first-order chi connectivity index (χ1) is 11.8. The van der Waals surface area contributed by atoms with E-state index in [1.165, 1.54) is 12.1 Å². The second kappa shape index (κ2) is 10.2. The lowest BCUT2D eigenvalue weighted by Crippen LogP contribution is -2.39. The van der Waals surface area contributed by atoms with Crippen LogP contribution in [0.3, 0.4) is 0 Å². The molecule has 0 saturated heterocycles. The molecule has 0 atom stereocenters. The monoisotopic (exact) mass is 330 g/mol. The van der Waals surface area contributed by atoms with Gasteiger partial charge in [-0.05, 0) is 43.2 Å². The lowest BCUT2D eigenvalue weighted by atomic mass is 10.1. The van der Waals surface area contributed by atoms with E-state index < -0.39 is 0 Å². The molecule has 0 aliphatic heterocycles. The molecule has 1 aromatic carbocycles. The number of nitrogens with zero attached hydrogens (tertiary/aromatic N) is 2. The van der Waals surface area contributed by atoms with Gasteiger partial charge in [0.15, 0.2) is 5.96 Å². The largest absolute Gasteiger partial charge is 0.490 e. The smallest absolute Gasteiger partial charge is 0.191 e. The summed E-state index contributed by atoms with van der Waals surface area (Å²) >= 11 is 0. The summed E-state index contributed by atoms with van der Waals surface area (Å²) in [5.74, 6) is 1.25. The maximum absolute atomic E-state index is 13.1. The zero-order chi connectivity index (χ0) is 17.0. The summed E-state index contributed by atoms with van der Waals surface area (Å²) in [6.07, 6.45) is 4.08. The van der Waals surface area contributed by atoms with Gasteiger partial charge in [0, 0.05) is 19.3 Å². The first-order valence-corrected chi connectivity index (χ1v) is 8.07. The Morgan fingerprint density at radius 3 is 2.92 bits per heavy atom. The van der Waals surface area contributed by atoms with Crippen molar-refractivity contribution < 1.29 is 9.13 Å². The number of aliphatic imine (C=N–C) groups is 1. The van der Waals surface area contributed by atoms with Crippen molar-refractivity contribution in [3.8, 4) is 5.75 Å². The molecule has 5 nitrogen and oxygen atoms in total. The highest BCUT2D eigenvalue weighted by atomic mass is 19.1. The fraction of sp³-hybridized carbons (Fsp3) is 0.333. The van der Waals surface area contributed by atoms with E-state index in [4.69, 9.17) is 4.74 Å². The maximum Gasteiger partial charge on any atom is 0.191 e. The molecular formula is C18H23FN4O. The highest BCUT2D eigenvalue weighted by molar-refractivity contribution is 5.79. The molecule has 0 amide bonds. The van der Waals surface area contributed by atoms with Gasteiger partial charge in [0.25, 0.3) is 0 Å². The number of rotatable bonds is 8. The normalized spacial score (nSPS) is 11.2. The third-order valence-corrected chi connectivity index (χ3v) is 3.20. The molecule has 6 heteroatoms. The van der Waals surface area contributed by atoms with Gasteiger partial charge in [-0.25, -0.2) is 4.39 Å². The van der Waals surface area contributed by atoms with E-state index in [1.807, 2.05) is 25.1 Å². The van der Waals surface area contributed by atoms with Crippen LogP contribution in [0.15, 0.2) is 53.8 Å². The topological polar surface area (TPSA) is 58.5 Å². The Labute approximate surface area is 142 Å². The Bertz CT molecular complexity index is 634. The fourth-order valence-corrected chi connectivity index (χ4v) is 2.10. The molecular weight excluding hydrogens is 307 g/mol. The van der Waals surface area contributed by atoms with Gasteiger partial charge in [0.2, 0.25) is 0 Å². The third-order valence-electron chi connectivity index (χ3n) is 3.20. The van der Waals surface area contributed by atoms with Crippen LogP contribution >= 0.6 is 0 Å². The molecule has 1 aromatic heterocycles. The summed E-state index contributed by atoms with van der Waals surface area (Å²) in [6, 6.07) is 10.3. The number of aromatic nitrogens is 1. The minimum atomic E-state index is -0.214. The summed E-state index contributed by atoms with van der Waals surface area (Å²) < 4.78 is 18.7. The zero-order valence-corrected chi connectivity index (χ0v) is 13.8. The zero-order valence-electron chi connectivity index (χ0n) is 13.8. The maximum atomic E-state index is 13.1. The highest BCUT2D eigenvalue weighted by Gasteiger charge is 1.99. The molecule has 0 radical (unpaired) electrons. The van der Waals surface area contributed by atoms with E-state index in [2.05, 4.69) is 20.6 Å². The van der Waals surface area contributed by atoms with Crippen LogP contribution in [0.2, 0.25) is 0 Å². The van der Waals surface area contributed by atoms with Crippen LogP contribution in [0.1, 0.15) is 12.5 Å². The van der Waals surface area contributed by atoms with Gasteiger partial charge in [0.1, 0.15) is 18.2 Å². The van der Waals surface area contributed by atoms with Crippen LogP contribution < -0.4 is 15.4 Å². The van der Waals surface area contributed by atoms with Gasteiger partial charge < -0.3 is 15.4 Å². The van der Waals surface area contributed by atoms with E-state index in [0.29, 0.717) is 26.1 Å². The van der Waals surface area contributed by atoms with Gasteiger partial charge in [-0.1, -0.05) is 12.1 Å². The predicted octanol–water partition coefficient (Wildman–Crippen LogP) is 2.40. The quantitative estimate of drug-likeness (QED) is 0.443. The molecule has 2 N–H and O–H groups in total. The van der Waals surface area contributed by atoms with Crippen LogP contribution in [0.25, 0.3) is 0 Å². The standard InChI is InChI=1S/C18H23FN4O/c1-2-21-18(22-10-8-15-5-3-6-16(19)13-15)23-11-12-24-17-7-4-9-20-14-17/h3-7,9,13-14H,2,8,10-12H2,1H3,(H2,21,22,23). The van der Waals surface area contributed by atoms with Crippen LogP contribution in [-0.4, -0.2) is 37.2 Å². The van der Waals surface area contributed by atoms with Crippen LogP contribution in [0.4, 0.5) is 4.39 Å². The minimum Gasteiger partial charge on any atom is -0.490 e. The van der Waals surface area contributed by atoms with E-state index in [9.17, 15) is 4.39 Å². The molecule has 24 heavy (non-hydrogen) atoms. The number of hydrogen-bond donors (Lipinski definition) is 2. The molecule has 2 aromatic rings. The van der Waals surface area contributed by atoms with Gasteiger partial charge in [0.05, 0.1) is 12.7 Å². The van der Waals surface area contributed by atoms with Crippen molar-refractivity contribution >= 4 is 5.96 Å². The second-order valence-corrected chi connectivity index (χ2v) is 5.10. The lowest BCUT2D eigenvalue weighted by Gasteiger charge is -2.12. The van der Waals surface area contributed by atoms with Gasteiger partial charge in [-0.2, -0.15) is 0 Å². The molecule has 2 rings (SSSR count). The molecule has 0 saturated carbocycles. The van der Waals surface area contributed by atoms with E-state index in [0.717, 1.165) is 23.8 Å². The van der Waals surface area contributed by atoms with Crippen molar-refractivity contribution in [2.24, 2.45) is 4.99 Å². The SMILES string of the molecule is CCNC(=NCCc1cccc(F)c1)NCCOc1cccnc1. The van der Waals surface area contributed by atoms with Crippen molar-refractivity contribution in [2.75, 3.05) is 26.2 Å². The van der Waals surface area contributed by atoms with Gasteiger partial charge >= 0.3 is 0 Å². The van der Waals surface area contributed by atoms with E-state index >= 15 is 0 Å². The number of guanidine groups is 1. The molecule has 0 fully saturated rings. The number of pyridine rings is 1. The predicted molar refractivity (Wildman–Crippen MR) is 93.8 cm³/mol. The number of nitrogens with one attached hydrogen (secondary N) is 2. The Morgan fingerprint density at radius 1 is 1.25 bits per heavy atom. The first-order valence-electron chi connectivity index (χ1n) is 8.07. The minimum absolute atomic E-state index is 0.214. The summed E-state index contributed by atoms with van der Waals surface area (Å²) in [4.78, 5) is 8.48. The van der Waals surface area contributed by atoms with E-state index in [-0.39, 0.29) is 5.82 Å². The lowest BCUT2D eigenvalue weighted by molar-refractivity contribution is 0.320. The molecule has 128 valence electrons. The Kier molecular flexibility index (Phi) is 7.53. The molecule has 1 heterocycles. The molecule has 0 aliphatic carbocycles. The average Bonchev–Trinajstić information content (AvgIpc) is 2.59. The third kappa shape index (κ3) is 6.64. The average molecular weight is 330 g/mol. The van der Waals surface area contributed by atoms with E-state index in [1.54, 1.807) is 18.5 Å². The van der Waals surface area contributed by atoms with Crippen molar-refractivity contribution in [1.82, 2.24) is 15.6 Å². The van der Waals surface area contributed by atoms with Crippen molar-refractivity contribution in [3.05, 3.63) is 60.2 Å². The fourth-order valence-electron chi connectivity index (χ4n) is 2.10. The number of ether oxygens (including phenoxy) is 1.